The van der Waals surface area contributed by atoms with Crippen LogP contribution in [0.4, 0.5) is 0 Å². The summed E-state index contributed by atoms with van der Waals surface area (Å²) in [7, 11) is 5.03. The topological polar surface area (TPSA) is 12.9 Å². The molecule has 0 aliphatic carbocycles. The van der Waals surface area contributed by atoms with E-state index in [0.29, 0.717) is 0 Å². The van der Waals surface area contributed by atoms with Gasteiger partial charge in [0.1, 0.15) is 0 Å². The van der Waals surface area contributed by atoms with E-state index in [1.54, 1.807) is 12.4 Å². The average molecular weight is 321 g/mol. The molecule has 0 amide bonds. The summed E-state index contributed by atoms with van der Waals surface area (Å²) in [4.78, 5) is 3.78. The summed E-state index contributed by atoms with van der Waals surface area (Å²) >= 11 is 2.90. The first kappa shape index (κ1) is 9.65. The molecule has 52 valence electrons. The summed E-state index contributed by atoms with van der Waals surface area (Å²) in [6, 6.07) is 5.72. The molecule has 0 spiro atoms. The van der Waals surface area contributed by atoms with Crippen molar-refractivity contribution in [3.63, 3.8) is 0 Å². The van der Waals surface area contributed by atoms with Crippen molar-refractivity contribution >= 4 is 21.6 Å². The first-order valence-electron chi connectivity index (χ1n) is 2.14. The third kappa shape index (κ3) is 8.65. The fourth-order valence-corrected chi connectivity index (χ4v) is 0.313. The van der Waals surface area contributed by atoms with Crippen LogP contribution < -0.4 is 17.9 Å². The van der Waals surface area contributed by atoms with Crippen LogP contribution in [-0.2, 0) is 0 Å². The SMILES string of the molecule is Cl[I-]Br.c1ccncc1. The molecule has 0 N–H and O–H groups in total. The minimum absolute atomic E-state index is 0.125. The predicted molar refractivity (Wildman–Crippen MR) is 39.0 cm³/mol. The van der Waals surface area contributed by atoms with Crippen molar-refractivity contribution in [3.8, 4) is 0 Å². The van der Waals surface area contributed by atoms with Crippen molar-refractivity contribution < 1.29 is 17.9 Å². The molecule has 0 saturated carbocycles. The summed E-state index contributed by atoms with van der Waals surface area (Å²) < 4.78 is 0. The van der Waals surface area contributed by atoms with Gasteiger partial charge in [-0.2, -0.15) is 0 Å². The maximum atomic E-state index is 5.03. The molecule has 1 aromatic heterocycles. The van der Waals surface area contributed by atoms with Crippen LogP contribution >= 0.6 is 21.6 Å². The summed E-state index contributed by atoms with van der Waals surface area (Å²) in [5.74, 6) is 0. The molecule has 0 radical (unpaired) electrons. The minimum Gasteiger partial charge on any atom is -0.265 e. The van der Waals surface area contributed by atoms with Crippen LogP contribution in [0.1, 0.15) is 0 Å². The van der Waals surface area contributed by atoms with E-state index in [9.17, 15) is 0 Å². The van der Waals surface area contributed by atoms with E-state index in [4.69, 9.17) is 8.91 Å². The van der Waals surface area contributed by atoms with E-state index < -0.39 is 0 Å². The van der Waals surface area contributed by atoms with Gasteiger partial charge in [-0.25, -0.2) is 0 Å². The molecule has 0 aliphatic heterocycles. The monoisotopic (exact) mass is 320 g/mol. The van der Waals surface area contributed by atoms with Crippen molar-refractivity contribution in [2.24, 2.45) is 0 Å². The standard InChI is InChI=1S/C5H5N.BrClI/c1-2-4-6-5-3-1;1-3-2/h1-5H;/q;-1. The first-order chi connectivity index (χ1) is 4.41. The van der Waals surface area contributed by atoms with Gasteiger partial charge < -0.3 is 0 Å². The van der Waals surface area contributed by atoms with E-state index in [1.807, 2.05) is 18.2 Å². The number of nitrogens with zero attached hydrogens (tertiary/aromatic N) is 1. The molecule has 0 atom stereocenters. The fraction of sp³-hybridized carbons (Fsp3) is 0. The predicted octanol–water partition coefficient (Wildman–Crippen LogP) is -0.379. The zero-order valence-corrected chi connectivity index (χ0v) is 8.97. The van der Waals surface area contributed by atoms with Gasteiger partial charge in [-0.05, 0) is 12.1 Å². The zero-order chi connectivity index (χ0) is 6.95. The normalized spacial score (nSPS) is 7.78. The number of halogens is 3. The molecular formula is C5H5BrClIN-. The molecule has 0 fully saturated rings. The van der Waals surface area contributed by atoms with Crippen molar-refractivity contribution in [1.29, 1.82) is 0 Å². The number of pyridine rings is 1. The third-order valence-electron chi connectivity index (χ3n) is 0.566. The Labute approximate surface area is 74.5 Å². The molecule has 0 aliphatic rings. The molecular weight excluding hydrogens is 316 g/mol. The Hall–Kier alpha value is 0.650. The largest absolute Gasteiger partial charge is 0.265 e. The maximum absolute atomic E-state index is 5.03. The first-order valence-corrected chi connectivity index (χ1v) is 9.70. The molecule has 4 heteroatoms. The van der Waals surface area contributed by atoms with Crippen LogP contribution in [0, 0.1) is 0 Å². The van der Waals surface area contributed by atoms with Gasteiger partial charge in [0.05, 0.1) is 0 Å². The fourth-order valence-electron chi connectivity index (χ4n) is 0.313. The Morgan fingerprint density at radius 3 is 1.78 bits per heavy atom. The van der Waals surface area contributed by atoms with Crippen LogP contribution in [0.5, 0.6) is 0 Å². The Morgan fingerprint density at radius 2 is 1.67 bits per heavy atom. The number of aromatic nitrogens is 1. The summed E-state index contributed by atoms with van der Waals surface area (Å²) in [6.07, 6.45) is 3.50. The van der Waals surface area contributed by atoms with Crippen molar-refractivity contribution in [3.05, 3.63) is 30.6 Å². The van der Waals surface area contributed by atoms with Gasteiger partial charge in [0.2, 0.25) is 0 Å². The van der Waals surface area contributed by atoms with Crippen molar-refractivity contribution in [1.82, 2.24) is 4.98 Å². The van der Waals surface area contributed by atoms with Gasteiger partial charge in [-0.15, -0.1) is 0 Å². The van der Waals surface area contributed by atoms with Gasteiger partial charge in [-0.3, -0.25) is 4.98 Å². The molecule has 1 aromatic rings. The smallest absolute Gasteiger partial charge is 0.0267 e. The number of hydrogen-bond acceptors (Lipinski definition) is 1. The number of hydrogen-bond donors (Lipinski definition) is 0. The molecule has 0 unspecified atom stereocenters. The Morgan fingerprint density at radius 1 is 1.22 bits per heavy atom. The Balaban J connectivity index is 0.000000187. The van der Waals surface area contributed by atoms with Gasteiger partial charge in [0.15, 0.2) is 0 Å². The quantitative estimate of drug-likeness (QED) is 0.594. The van der Waals surface area contributed by atoms with Crippen LogP contribution in [0.25, 0.3) is 0 Å². The van der Waals surface area contributed by atoms with Gasteiger partial charge in [0, 0.05) is 12.4 Å². The van der Waals surface area contributed by atoms with Crippen LogP contribution in [0.2, 0.25) is 0 Å². The second-order valence-electron chi connectivity index (χ2n) is 1.08. The minimum atomic E-state index is -0.125. The molecule has 0 saturated heterocycles. The van der Waals surface area contributed by atoms with Gasteiger partial charge >= 0.3 is 39.5 Å². The van der Waals surface area contributed by atoms with E-state index in [0.717, 1.165) is 0 Å². The maximum Gasteiger partial charge on any atom is 0.0267 e. The van der Waals surface area contributed by atoms with Crippen LogP contribution in [0.15, 0.2) is 30.6 Å². The van der Waals surface area contributed by atoms with Crippen LogP contribution in [-0.4, -0.2) is 4.98 Å². The van der Waals surface area contributed by atoms with Gasteiger partial charge in [0.25, 0.3) is 0 Å². The molecule has 1 heterocycles. The van der Waals surface area contributed by atoms with E-state index in [-0.39, 0.29) is 17.9 Å². The van der Waals surface area contributed by atoms with E-state index >= 15 is 0 Å². The molecule has 9 heavy (non-hydrogen) atoms. The van der Waals surface area contributed by atoms with Crippen molar-refractivity contribution in [2.45, 2.75) is 0 Å². The average Bonchev–Trinajstić information content (AvgIpc) is 1.93. The summed E-state index contributed by atoms with van der Waals surface area (Å²) in [5, 5.41) is 0. The van der Waals surface area contributed by atoms with E-state index in [2.05, 4.69) is 17.7 Å². The zero-order valence-electron chi connectivity index (χ0n) is 4.47. The second kappa shape index (κ2) is 8.65. The van der Waals surface area contributed by atoms with E-state index in [1.165, 1.54) is 0 Å². The van der Waals surface area contributed by atoms with Crippen LogP contribution in [0.3, 0.4) is 0 Å². The summed E-state index contributed by atoms with van der Waals surface area (Å²) in [5.41, 5.74) is 0. The Bertz CT molecular complexity index is 99.8. The molecule has 1 nitrogen and oxygen atoms in total. The third-order valence-corrected chi connectivity index (χ3v) is 0.566. The molecule has 0 bridgehead atoms. The second-order valence-corrected chi connectivity index (χ2v) is 6.67. The molecule has 0 aromatic carbocycles. The number of rotatable bonds is 0. The van der Waals surface area contributed by atoms with Crippen molar-refractivity contribution in [2.75, 3.05) is 0 Å². The van der Waals surface area contributed by atoms with Gasteiger partial charge in [-0.1, -0.05) is 6.07 Å². The summed E-state index contributed by atoms with van der Waals surface area (Å²) in [6.45, 7) is 0. The Kier molecular flexibility index (Phi) is 9.27. The molecule has 1 rings (SSSR count).